The van der Waals surface area contributed by atoms with Crippen molar-refractivity contribution in [3.8, 4) is 0 Å². The quantitative estimate of drug-likeness (QED) is 0.831. The monoisotopic (exact) mass is 370 g/mol. The second kappa shape index (κ2) is 5.88. The van der Waals surface area contributed by atoms with Crippen molar-refractivity contribution in [2.24, 2.45) is 11.8 Å². The number of carbonyl (C=O) groups excluding carboxylic acids is 3. The molecule has 1 atom stereocenters. The second-order valence-corrected chi connectivity index (χ2v) is 7.99. The van der Waals surface area contributed by atoms with Crippen molar-refractivity contribution in [1.29, 1.82) is 0 Å². The van der Waals surface area contributed by atoms with E-state index in [4.69, 9.17) is 0 Å². The number of hydrogen-bond acceptors (Lipinski definition) is 4. The standard InChI is InChI=1S/C14H15BrN2O3S/c15-10-6-5-9(21-10)7-17-13(19)11(8-3-1-2-4-8)12(18)16-14(17)20/h5-6,8,11H,1-4,7H2,(H,16,18,20). The molecule has 0 aromatic carbocycles. The summed E-state index contributed by atoms with van der Waals surface area (Å²) in [4.78, 5) is 38.6. The fraction of sp³-hybridized carbons (Fsp3) is 0.500. The third kappa shape index (κ3) is 2.89. The van der Waals surface area contributed by atoms with E-state index < -0.39 is 17.9 Å². The van der Waals surface area contributed by atoms with Crippen LogP contribution in [0.5, 0.6) is 0 Å². The molecule has 7 heteroatoms. The molecule has 2 aliphatic rings. The fourth-order valence-electron chi connectivity index (χ4n) is 3.08. The zero-order valence-electron chi connectivity index (χ0n) is 11.3. The minimum Gasteiger partial charge on any atom is -0.277 e. The number of rotatable bonds is 3. The van der Waals surface area contributed by atoms with E-state index in [0.29, 0.717) is 0 Å². The van der Waals surface area contributed by atoms with Gasteiger partial charge in [-0.15, -0.1) is 11.3 Å². The number of imide groups is 2. The lowest BCUT2D eigenvalue weighted by molar-refractivity contribution is -0.145. The first-order valence-corrected chi connectivity index (χ1v) is 8.57. The molecule has 0 spiro atoms. The first-order valence-electron chi connectivity index (χ1n) is 6.96. The highest BCUT2D eigenvalue weighted by Crippen LogP contribution is 2.34. The number of carbonyl (C=O) groups is 3. The average molecular weight is 371 g/mol. The Morgan fingerprint density at radius 2 is 1.95 bits per heavy atom. The van der Waals surface area contributed by atoms with Crippen LogP contribution >= 0.6 is 27.3 Å². The zero-order valence-corrected chi connectivity index (χ0v) is 13.7. The Balaban J connectivity index is 1.80. The molecule has 2 fully saturated rings. The molecule has 3 rings (SSSR count). The SMILES string of the molecule is O=C1NC(=O)N(Cc2ccc(Br)s2)C(=O)C1C1CCCC1. The summed E-state index contributed by atoms with van der Waals surface area (Å²) in [5.74, 6) is -1.41. The molecule has 1 aromatic heterocycles. The zero-order chi connectivity index (χ0) is 15.0. The van der Waals surface area contributed by atoms with Gasteiger partial charge in [-0.3, -0.25) is 19.8 Å². The van der Waals surface area contributed by atoms with Crippen LogP contribution in [0, 0.1) is 11.8 Å². The van der Waals surface area contributed by atoms with Crippen molar-refractivity contribution in [3.05, 3.63) is 20.8 Å². The Morgan fingerprint density at radius 1 is 1.24 bits per heavy atom. The number of amides is 4. The summed E-state index contributed by atoms with van der Waals surface area (Å²) in [6.45, 7) is 0.220. The van der Waals surface area contributed by atoms with Crippen LogP contribution in [0.4, 0.5) is 4.79 Å². The number of urea groups is 1. The molecule has 5 nitrogen and oxygen atoms in total. The van der Waals surface area contributed by atoms with Gasteiger partial charge >= 0.3 is 6.03 Å². The van der Waals surface area contributed by atoms with Gasteiger partial charge in [0.05, 0.1) is 10.3 Å². The Morgan fingerprint density at radius 3 is 2.57 bits per heavy atom. The van der Waals surface area contributed by atoms with Crippen molar-refractivity contribution in [1.82, 2.24) is 10.2 Å². The maximum Gasteiger partial charge on any atom is 0.331 e. The van der Waals surface area contributed by atoms with Gasteiger partial charge in [0, 0.05) is 4.88 Å². The highest BCUT2D eigenvalue weighted by atomic mass is 79.9. The molecule has 0 radical (unpaired) electrons. The van der Waals surface area contributed by atoms with E-state index in [9.17, 15) is 14.4 Å². The second-order valence-electron chi connectivity index (χ2n) is 5.45. The molecule has 1 aliphatic heterocycles. The van der Waals surface area contributed by atoms with Crippen LogP contribution in [0.1, 0.15) is 30.6 Å². The van der Waals surface area contributed by atoms with Crippen LogP contribution < -0.4 is 5.32 Å². The molecule has 1 saturated carbocycles. The lowest BCUT2D eigenvalue weighted by Crippen LogP contribution is -2.58. The Labute approximate surface area is 134 Å². The minimum absolute atomic E-state index is 0.0724. The van der Waals surface area contributed by atoms with E-state index in [0.717, 1.165) is 34.3 Å². The van der Waals surface area contributed by atoms with Crippen LogP contribution in [-0.4, -0.2) is 22.7 Å². The number of nitrogens with one attached hydrogen (secondary N) is 1. The molecule has 1 unspecified atom stereocenters. The van der Waals surface area contributed by atoms with Crippen molar-refractivity contribution >= 4 is 45.1 Å². The smallest absolute Gasteiger partial charge is 0.277 e. The van der Waals surface area contributed by atoms with Gasteiger partial charge in [0.2, 0.25) is 11.8 Å². The summed E-state index contributed by atoms with van der Waals surface area (Å²) in [6, 6.07) is 3.14. The summed E-state index contributed by atoms with van der Waals surface area (Å²) in [7, 11) is 0. The molecule has 1 saturated heterocycles. The third-order valence-corrected chi connectivity index (χ3v) is 5.71. The van der Waals surface area contributed by atoms with Crippen molar-refractivity contribution < 1.29 is 14.4 Å². The summed E-state index contributed by atoms with van der Waals surface area (Å²) < 4.78 is 0.950. The lowest BCUT2D eigenvalue weighted by Gasteiger charge is -2.32. The number of thiophene rings is 1. The Hall–Kier alpha value is -1.21. The van der Waals surface area contributed by atoms with Crippen molar-refractivity contribution in [2.45, 2.75) is 32.2 Å². The molecular weight excluding hydrogens is 356 g/mol. The first-order chi connectivity index (χ1) is 10.1. The van der Waals surface area contributed by atoms with E-state index in [1.807, 2.05) is 12.1 Å². The summed E-state index contributed by atoms with van der Waals surface area (Å²) in [5.41, 5.74) is 0. The van der Waals surface area contributed by atoms with Crippen LogP contribution in [0.2, 0.25) is 0 Å². The minimum atomic E-state index is -0.700. The summed E-state index contributed by atoms with van der Waals surface area (Å²) >= 11 is 4.84. The number of hydrogen-bond donors (Lipinski definition) is 1. The van der Waals surface area contributed by atoms with Gasteiger partial charge in [-0.1, -0.05) is 12.8 Å². The van der Waals surface area contributed by atoms with E-state index in [-0.39, 0.29) is 18.4 Å². The molecule has 1 aliphatic carbocycles. The molecule has 112 valence electrons. The maximum atomic E-state index is 12.6. The lowest BCUT2D eigenvalue weighted by atomic mass is 9.87. The Kier molecular flexibility index (Phi) is 4.12. The van der Waals surface area contributed by atoms with Crippen LogP contribution in [0.25, 0.3) is 0 Å². The third-order valence-electron chi connectivity index (χ3n) is 4.10. The van der Waals surface area contributed by atoms with Crippen molar-refractivity contribution in [3.63, 3.8) is 0 Å². The van der Waals surface area contributed by atoms with Crippen LogP contribution in [0.15, 0.2) is 15.9 Å². The first kappa shape index (κ1) is 14.7. The molecule has 1 aromatic rings. The van der Waals surface area contributed by atoms with Crippen LogP contribution in [-0.2, 0) is 16.1 Å². The topological polar surface area (TPSA) is 66.5 Å². The predicted octanol–water partition coefficient (Wildman–Crippen LogP) is 2.90. The molecule has 1 N–H and O–H groups in total. The number of nitrogens with zero attached hydrogens (tertiary/aromatic N) is 1. The Bertz CT molecular complexity index is 595. The van der Waals surface area contributed by atoms with Gasteiger partial charge in [0.25, 0.3) is 0 Å². The van der Waals surface area contributed by atoms with Gasteiger partial charge in [-0.2, -0.15) is 0 Å². The normalized spacial score (nSPS) is 23.8. The van der Waals surface area contributed by atoms with Gasteiger partial charge in [0.1, 0.15) is 5.92 Å². The fourth-order valence-corrected chi connectivity index (χ4v) is 4.55. The van der Waals surface area contributed by atoms with Crippen LogP contribution in [0.3, 0.4) is 0 Å². The number of barbiturate groups is 1. The maximum absolute atomic E-state index is 12.6. The largest absolute Gasteiger partial charge is 0.331 e. The van der Waals surface area contributed by atoms with E-state index in [1.165, 1.54) is 16.2 Å². The van der Waals surface area contributed by atoms with Gasteiger partial charge < -0.3 is 0 Å². The highest BCUT2D eigenvalue weighted by molar-refractivity contribution is 9.11. The molecule has 4 amide bonds. The predicted molar refractivity (Wildman–Crippen MR) is 81.6 cm³/mol. The van der Waals surface area contributed by atoms with E-state index in [2.05, 4.69) is 21.2 Å². The van der Waals surface area contributed by atoms with Gasteiger partial charge in [-0.25, -0.2) is 4.79 Å². The molecule has 2 heterocycles. The highest BCUT2D eigenvalue weighted by Gasteiger charge is 2.45. The average Bonchev–Trinajstić information content (AvgIpc) is 3.06. The van der Waals surface area contributed by atoms with Crippen molar-refractivity contribution in [2.75, 3.05) is 0 Å². The summed E-state index contributed by atoms with van der Waals surface area (Å²) in [5, 5.41) is 2.33. The van der Waals surface area contributed by atoms with E-state index in [1.54, 1.807) is 0 Å². The van der Waals surface area contributed by atoms with E-state index >= 15 is 0 Å². The molecule has 0 bridgehead atoms. The molecular formula is C14H15BrN2O3S. The van der Waals surface area contributed by atoms with Gasteiger partial charge in [-0.05, 0) is 46.8 Å². The molecule has 21 heavy (non-hydrogen) atoms. The summed E-state index contributed by atoms with van der Waals surface area (Å²) in [6.07, 6.45) is 3.87. The number of halogens is 1. The van der Waals surface area contributed by atoms with Gasteiger partial charge in [0.15, 0.2) is 0 Å².